The van der Waals surface area contributed by atoms with Crippen LogP contribution in [0.25, 0.3) is 0 Å². The van der Waals surface area contributed by atoms with Crippen LogP contribution in [-0.2, 0) is 0 Å². The van der Waals surface area contributed by atoms with Crippen LogP contribution in [0.5, 0.6) is 0 Å². The molecule has 1 rings (SSSR count). The van der Waals surface area contributed by atoms with Crippen molar-refractivity contribution in [3.8, 4) is 6.07 Å². The van der Waals surface area contributed by atoms with Gasteiger partial charge in [-0.2, -0.15) is 5.26 Å². The van der Waals surface area contributed by atoms with Gasteiger partial charge >= 0.3 is 0 Å². The lowest BCUT2D eigenvalue weighted by molar-refractivity contribution is 0.276. The zero-order chi connectivity index (χ0) is 10.6. The van der Waals surface area contributed by atoms with Gasteiger partial charge in [-0.05, 0) is 18.1 Å². The summed E-state index contributed by atoms with van der Waals surface area (Å²) in [5, 5.41) is 17.8. The molecule has 0 aliphatic carbocycles. The Labute approximate surface area is 87.7 Å². The molecule has 0 aliphatic rings. The van der Waals surface area contributed by atoms with Crippen molar-refractivity contribution in [2.75, 3.05) is 6.61 Å². The summed E-state index contributed by atoms with van der Waals surface area (Å²) in [6.45, 7) is 0.00821. The van der Waals surface area contributed by atoms with E-state index in [0.717, 1.165) is 0 Å². The van der Waals surface area contributed by atoms with E-state index >= 15 is 0 Å². The van der Waals surface area contributed by atoms with Crippen molar-refractivity contribution in [2.45, 2.75) is 12.5 Å². The summed E-state index contributed by atoms with van der Waals surface area (Å²) in [5.41, 5.74) is 6.90. The minimum atomic E-state index is -0.319. The van der Waals surface area contributed by atoms with E-state index in [4.69, 9.17) is 27.7 Å². The Hall–Kier alpha value is -1.08. The van der Waals surface area contributed by atoms with Gasteiger partial charge in [0.2, 0.25) is 0 Å². The topological polar surface area (TPSA) is 70.0 Å². The maximum atomic E-state index is 8.73. The van der Waals surface area contributed by atoms with E-state index < -0.39 is 0 Å². The highest BCUT2D eigenvalue weighted by atomic mass is 35.5. The molecule has 0 radical (unpaired) electrons. The van der Waals surface area contributed by atoms with Gasteiger partial charge in [-0.25, -0.2) is 0 Å². The molecule has 1 atom stereocenters. The number of hydrogen-bond acceptors (Lipinski definition) is 3. The average Bonchev–Trinajstić information content (AvgIpc) is 2.18. The second-order valence-electron chi connectivity index (χ2n) is 2.94. The van der Waals surface area contributed by atoms with Crippen LogP contribution in [-0.4, -0.2) is 11.7 Å². The highest BCUT2D eigenvalue weighted by molar-refractivity contribution is 6.32. The van der Waals surface area contributed by atoms with E-state index in [1.54, 1.807) is 18.2 Å². The maximum absolute atomic E-state index is 8.73. The standard InChI is InChI=1S/C10H11ClN2O/c11-10-7(6-12)2-1-3-8(10)9(13)4-5-14/h1-3,9,14H,4-5,13H2/t9-/m1/s1. The number of nitrogens with two attached hydrogens (primary N) is 1. The first kappa shape index (κ1) is 11.0. The van der Waals surface area contributed by atoms with Crippen LogP contribution in [0.3, 0.4) is 0 Å². The van der Waals surface area contributed by atoms with Crippen molar-refractivity contribution in [3.05, 3.63) is 34.3 Å². The molecule has 0 heterocycles. The number of hydrogen-bond donors (Lipinski definition) is 2. The highest BCUT2D eigenvalue weighted by Crippen LogP contribution is 2.26. The molecule has 74 valence electrons. The van der Waals surface area contributed by atoms with E-state index in [2.05, 4.69) is 0 Å². The SMILES string of the molecule is N#Cc1cccc([C@H](N)CCO)c1Cl. The molecule has 0 unspecified atom stereocenters. The third kappa shape index (κ3) is 2.24. The Balaban J connectivity index is 3.04. The Morgan fingerprint density at radius 3 is 2.86 bits per heavy atom. The fraction of sp³-hybridized carbons (Fsp3) is 0.300. The molecule has 0 spiro atoms. The zero-order valence-electron chi connectivity index (χ0n) is 7.57. The van der Waals surface area contributed by atoms with Crippen molar-refractivity contribution in [1.82, 2.24) is 0 Å². The van der Waals surface area contributed by atoms with Crippen molar-refractivity contribution < 1.29 is 5.11 Å². The summed E-state index contributed by atoms with van der Waals surface area (Å²) in [6, 6.07) is 6.80. The predicted octanol–water partition coefficient (Wildman–Crippen LogP) is 1.59. The van der Waals surface area contributed by atoms with Gasteiger partial charge < -0.3 is 10.8 Å². The van der Waals surface area contributed by atoms with Gasteiger partial charge in [-0.3, -0.25) is 0 Å². The fourth-order valence-electron chi connectivity index (χ4n) is 1.22. The smallest absolute Gasteiger partial charge is 0.101 e. The molecule has 14 heavy (non-hydrogen) atoms. The molecule has 0 saturated carbocycles. The lowest BCUT2D eigenvalue weighted by Gasteiger charge is -2.12. The Morgan fingerprint density at radius 2 is 2.29 bits per heavy atom. The van der Waals surface area contributed by atoms with Gasteiger partial charge in [0, 0.05) is 12.6 Å². The summed E-state index contributed by atoms with van der Waals surface area (Å²) in [6.07, 6.45) is 0.439. The first-order valence-corrected chi connectivity index (χ1v) is 4.63. The number of rotatable bonds is 3. The van der Waals surface area contributed by atoms with Crippen molar-refractivity contribution in [3.63, 3.8) is 0 Å². The highest BCUT2D eigenvalue weighted by Gasteiger charge is 2.11. The first-order valence-electron chi connectivity index (χ1n) is 4.25. The van der Waals surface area contributed by atoms with Crippen molar-refractivity contribution in [2.24, 2.45) is 5.73 Å². The number of aliphatic hydroxyl groups is 1. The molecule has 0 bridgehead atoms. The predicted molar refractivity (Wildman–Crippen MR) is 54.8 cm³/mol. The van der Waals surface area contributed by atoms with Gasteiger partial charge in [0.15, 0.2) is 0 Å². The summed E-state index contributed by atoms with van der Waals surface area (Å²) in [7, 11) is 0. The van der Waals surface area contributed by atoms with Gasteiger partial charge in [0.1, 0.15) is 6.07 Å². The summed E-state index contributed by atoms with van der Waals surface area (Å²) >= 11 is 5.96. The molecule has 0 aliphatic heterocycles. The van der Waals surface area contributed by atoms with Gasteiger partial charge in [-0.1, -0.05) is 23.7 Å². The molecular weight excluding hydrogens is 200 g/mol. The second-order valence-corrected chi connectivity index (χ2v) is 3.32. The van der Waals surface area contributed by atoms with Crippen molar-refractivity contribution >= 4 is 11.6 Å². The maximum Gasteiger partial charge on any atom is 0.101 e. The third-order valence-corrected chi connectivity index (χ3v) is 2.41. The first-order chi connectivity index (χ1) is 6.70. The average molecular weight is 211 g/mol. The van der Waals surface area contributed by atoms with Crippen LogP contribution in [0.4, 0.5) is 0 Å². The molecule has 1 aromatic carbocycles. The molecule has 3 nitrogen and oxygen atoms in total. The minimum absolute atomic E-state index is 0.00821. The number of nitriles is 1. The molecule has 0 saturated heterocycles. The van der Waals surface area contributed by atoms with Gasteiger partial charge in [0.25, 0.3) is 0 Å². The normalized spacial score (nSPS) is 12.1. The number of benzene rings is 1. The van der Waals surface area contributed by atoms with Gasteiger partial charge in [-0.15, -0.1) is 0 Å². The van der Waals surface area contributed by atoms with Crippen molar-refractivity contribution in [1.29, 1.82) is 5.26 Å². The van der Waals surface area contributed by atoms with Crippen LogP contribution < -0.4 is 5.73 Å². The largest absolute Gasteiger partial charge is 0.396 e. The summed E-state index contributed by atoms with van der Waals surface area (Å²) in [4.78, 5) is 0. The van der Waals surface area contributed by atoms with Crippen LogP contribution in [0.2, 0.25) is 5.02 Å². The van der Waals surface area contributed by atoms with E-state index in [-0.39, 0.29) is 12.6 Å². The molecule has 1 aromatic rings. The second kappa shape index (κ2) is 4.97. The molecule has 0 fully saturated rings. The van der Waals surface area contributed by atoms with E-state index in [0.29, 0.717) is 22.6 Å². The molecule has 0 amide bonds. The third-order valence-electron chi connectivity index (χ3n) is 1.99. The summed E-state index contributed by atoms with van der Waals surface area (Å²) < 4.78 is 0. The molecular formula is C10H11ClN2O. The van der Waals surface area contributed by atoms with Crippen LogP contribution in [0, 0.1) is 11.3 Å². The zero-order valence-corrected chi connectivity index (χ0v) is 8.33. The Kier molecular flexibility index (Phi) is 3.90. The Bertz CT molecular complexity index is 360. The van der Waals surface area contributed by atoms with Crippen LogP contribution in [0.15, 0.2) is 18.2 Å². The summed E-state index contributed by atoms with van der Waals surface area (Å²) in [5.74, 6) is 0. The van der Waals surface area contributed by atoms with Crippen LogP contribution >= 0.6 is 11.6 Å². The number of aliphatic hydroxyl groups excluding tert-OH is 1. The Morgan fingerprint density at radius 1 is 1.57 bits per heavy atom. The van der Waals surface area contributed by atoms with E-state index in [1.807, 2.05) is 6.07 Å². The monoisotopic (exact) mass is 210 g/mol. The lowest BCUT2D eigenvalue weighted by Crippen LogP contribution is -2.12. The molecule has 0 aromatic heterocycles. The van der Waals surface area contributed by atoms with Crippen LogP contribution in [0.1, 0.15) is 23.6 Å². The lowest BCUT2D eigenvalue weighted by atomic mass is 10.0. The van der Waals surface area contributed by atoms with E-state index in [9.17, 15) is 0 Å². The van der Waals surface area contributed by atoms with Gasteiger partial charge in [0.05, 0.1) is 10.6 Å². The minimum Gasteiger partial charge on any atom is -0.396 e. The molecule has 3 N–H and O–H groups in total. The number of halogens is 1. The molecule has 4 heteroatoms. The number of nitrogens with zero attached hydrogens (tertiary/aromatic N) is 1. The fourth-order valence-corrected chi connectivity index (χ4v) is 1.53. The van der Waals surface area contributed by atoms with E-state index in [1.165, 1.54) is 0 Å². The quantitative estimate of drug-likeness (QED) is 0.796.